The Hall–Kier alpha value is -3.10. The molecule has 0 aliphatic rings. The van der Waals surface area contributed by atoms with E-state index in [4.69, 9.17) is 4.74 Å². The number of unbranched alkanes of at least 4 members (excludes halogenated alkanes) is 3. The van der Waals surface area contributed by atoms with Crippen LogP contribution < -0.4 is 10.6 Å². The number of carbonyl (C=O) groups excluding carboxylic acids is 4. The van der Waals surface area contributed by atoms with E-state index in [1.54, 1.807) is 27.7 Å². The maximum Gasteiger partial charge on any atom is 0.408 e. The fraction of sp³-hybridized carbons (Fsp3) is 0.630. The molecule has 0 bridgehead atoms. The summed E-state index contributed by atoms with van der Waals surface area (Å²) in [6.45, 7) is 12.7. The van der Waals surface area contributed by atoms with E-state index in [1.807, 2.05) is 32.0 Å². The second-order valence-electron chi connectivity index (χ2n) is 10.1. The molecule has 2 N–H and O–H groups in total. The second-order valence-corrected chi connectivity index (χ2v) is 10.1. The Morgan fingerprint density at radius 2 is 1.61 bits per heavy atom. The Labute approximate surface area is 215 Å². The smallest absolute Gasteiger partial charge is 0.408 e. The summed E-state index contributed by atoms with van der Waals surface area (Å²) < 4.78 is 9.95. The van der Waals surface area contributed by atoms with Crippen LogP contribution in [0.3, 0.4) is 0 Å². The van der Waals surface area contributed by atoms with Gasteiger partial charge in [0, 0.05) is 6.54 Å². The third-order valence-electron chi connectivity index (χ3n) is 5.39. The fourth-order valence-electron chi connectivity index (χ4n) is 3.84. The molecular formula is C27H43N3O6. The zero-order valence-electron chi connectivity index (χ0n) is 23.0. The van der Waals surface area contributed by atoms with E-state index in [2.05, 4.69) is 22.3 Å². The first-order valence-electron chi connectivity index (χ1n) is 12.5. The van der Waals surface area contributed by atoms with Crippen molar-refractivity contribution in [1.82, 2.24) is 15.5 Å². The lowest BCUT2D eigenvalue weighted by Crippen LogP contribution is -2.52. The second kappa shape index (κ2) is 14.5. The Kier molecular flexibility index (Phi) is 12.4. The maximum atomic E-state index is 13.7. The van der Waals surface area contributed by atoms with Gasteiger partial charge in [-0.05, 0) is 53.5 Å². The topological polar surface area (TPSA) is 114 Å². The molecule has 9 heteroatoms. The SMILES string of the molecule is CCCCCCN(C(=O)C(C)NC(=O)OC(C)(C)C)C(C(=O)NCC(=O)OC)c1cc(C)cc(C)c1. The van der Waals surface area contributed by atoms with Crippen LogP contribution in [0.4, 0.5) is 4.79 Å². The molecule has 0 aliphatic heterocycles. The molecule has 0 saturated carbocycles. The molecule has 0 fully saturated rings. The average molecular weight is 506 g/mol. The van der Waals surface area contributed by atoms with Gasteiger partial charge in [0.1, 0.15) is 24.2 Å². The largest absolute Gasteiger partial charge is 0.468 e. The van der Waals surface area contributed by atoms with Gasteiger partial charge in [-0.15, -0.1) is 0 Å². The number of amides is 3. The van der Waals surface area contributed by atoms with Crippen LogP contribution in [0.2, 0.25) is 0 Å². The summed E-state index contributed by atoms with van der Waals surface area (Å²) >= 11 is 0. The van der Waals surface area contributed by atoms with Crippen molar-refractivity contribution in [1.29, 1.82) is 0 Å². The zero-order valence-corrected chi connectivity index (χ0v) is 23.0. The lowest BCUT2D eigenvalue weighted by atomic mass is 9.98. The molecule has 0 radical (unpaired) electrons. The molecule has 2 unspecified atom stereocenters. The number of nitrogens with one attached hydrogen (secondary N) is 2. The zero-order chi connectivity index (χ0) is 27.5. The molecule has 0 aliphatic carbocycles. The van der Waals surface area contributed by atoms with E-state index in [1.165, 1.54) is 12.0 Å². The molecule has 36 heavy (non-hydrogen) atoms. The van der Waals surface area contributed by atoms with E-state index in [9.17, 15) is 19.2 Å². The molecule has 0 aromatic heterocycles. The summed E-state index contributed by atoms with van der Waals surface area (Å²) in [6, 6.07) is 3.76. The standard InChI is InChI=1S/C27H43N3O6/c1-9-10-11-12-13-30(25(33)20(4)29-26(34)36-27(5,6)7)23(24(32)28-17-22(31)35-8)21-15-18(2)14-19(3)16-21/h14-16,20,23H,9-13,17H2,1-8H3,(H,28,32)(H,29,34). The number of methoxy groups -OCH3 is 1. The van der Waals surface area contributed by atoms with Crippen molar-refractivity contribution in [3.63, 3.8) is 0 Å². The van der Waals surface area contributed by atoms with Crippen molar-refractivity contribution in [2.75, 3.05) is 20.2 Å². The first-order valence-corrected chi connectivity index (χ1v) is 12.5. The number of nitrogens with zero attached hydrogens (tertiary/aromatic N) is 1. The number of hydrogen-bond acceptors (Lipinski definition) is 6. The molecule has 2 atom stereocenters. The Morgan fingerprint density at radius 3 is 2.14 bits per heavy atom. The number of carbonyl (C=O) groups is 4. The quantitative estimate of drug-likeness (QED) is 0.328. The summed E-state index contributed by atoms with van der Waals surface area (Å²) in [7, 11) is 1.24. The third-order valence-corrected chi connectivity index (χ3v) is 5.39. The highest BCUT2D eigenvalue weighted by atomic mass is 16.6. The van der Waals surface area contributed by atoms with Crippen molar-refractivity contribution in [2.24, 2.45) is 0 Å². The van der Waals surface area contributed by atoms with E-state index < -0.39 is 41.6 Å². The summed E-state index contributed by atoms with van der Waals surface area (Å²) in [5.41, 5.74) is 1.79. The molecular weight excluding hydrogens is 462 g/mol. The monoisotopic (exact) mass is 505 g/mol. The van der Waals surface area contributed by atoms with Gasteiger partial charge >= 0.3 is 12.1 Å². The van der Waals surface area contributed by atoms with Crippen molar-refractivity contribution < 1.29 is 28.7 Å². The molecule has 9 nitrogen and oxygen atoms in total. The lowest BCUT2D eigenvalue weighted by Gasteiger charge is -2.34. The van der Waals surface area contributed by atoms with Crippen molar-refractivity contribution in [3.8, 4) is 0 Å². The summed E-state index contributed by atoms with van der Waals surface area (Å²) in [5.74, 6) is -1.52. The number of hydrogen-bond donors (Lipinski definition) is 2. The molecule has 1 rings (SSSR count). The Balaban J connectivity index is 3.37. The van der Waals surface area contributed by atoms with Crippen LogP contribution in [0.5, 0.6) is 0 Å². The molecule has 1 aromatic carbocycles. The van der Waals surface area contributed by atoms with Crippen molar-refractivity contribution in [3.05, 3.63) is 34.9 Å². The maximum absolute atomic E-state index is 13.7. The van der Waals surface area contributed by atoms with Gasteiger partial charge in [0.25, 0.3) is 0 Å². The number of alkyl carbamates (subject to hydrolysis) is 1. The fourth-order valence-corrected chi connectivity index (χ4v) is 3.84. The van der Waals surface area contributed by atoms with Gasteiger partial charge in [-0.2, -0.15) is 0 Å². The highest BCUT2D eigenvalue weighted by molar-refractivity contribution is 5.93. The van der Waals surface area contributed by atoms with Gasteiger partial charge in [-0.3, -0.25) is 14.4 Å². The number of rotatable bonds is 12. The molecule has 0 heterocycles. The number of ether oxygens (including phenoxy) is 2. The number of esters is 1. The molecule has 202 valence electrons. The predicted molar refractivity (Wildman–Crippen MR) is 138 cm³/mol. The number of aryl methyl sites for hydroxylation is 2. The highest BCUT2D eigenvalue weighted by Crippen LogP contribution is 2.25. The van der Waals surface area contributed by atoms with Gasteiger partial charge in [-0.25, -0.2) is 4.79 Å². The minimum atomic E-state index is -0.995. The molecule has 1 aromatic rings. The van der Waals surface area contributed by atoms with Crippen LogP contribution >= 0.6 is 0 Å². The normalized spacial score (nSPS) is 12.8. The Morgan fingerprint density at radius 1 is 1.00 bits per heavy atom. The summed E-state index contributed by atoms with van der Waals surface area (Å²) in [6.07, 6.45) is 2.87. The van der Waals surface area contributed by atoms with Gasteiger partial charge in [0.15, 0.2) is 0 Å². The van der Waals surface area contributed by atoms with Crippen LogP contribution in [0, 0.1) is 13.8 Å². The van der Waals surface area contributed by atoms with Crippen LogP contribution in [0.25, 0.3) is 0 Å². The predicted octanol–water partition coefficient (Wildman–Crippen LogP) is 3.96. The average Bonchev–Trinajstić information content (AvgIpc) is 2.76. The van der Waals surface area contributed by atoms with Crippen molar-refractivity contribution >= 4 is 23.9 Å². The van der Waals surface area contributed by atoms with E-state index in [0.717, 1.165) is 30.4 Å². The number of benzene rings is 1. The van der Waals surface area contributed by atoms with E-state index >= 15 is 0 Å². The van der Waals surface area contributed by atoms with Crippen LogP contribution in [-0.4, -0.2) is 60.6 Å². The minimum Gasteiger partial charge on any atom is -0.468 e. The summed E-state index contributed by atoms with van der Waals surface area (Å²) in [5, 5.41) is 5.19. The molecule has 3 amide bonds. The van der Waals surface area contributed by atoms with Gasteiger partial charge in [-0.1, -0.05) is 55.5 Å². The first kappa shape index (κ1) is 30.9. The van der Waals surface area contributed by atoms with E-state index in [-0.39, 0.29) is 6.54 Å². The highest BCUT2D eigenvalue weighted by Gasteiger charge is 2.34. The molecule has 0 saturated heterocycles. The first-order chi connectivity index (χ1) is 16.8. The lowest BCUT2D eigenvalue weighted by molar-refractivity contribution is -0.144. The van der Waals surface area contributed by atoms with Gasteiger partial charge < -0.3 is 25.0 Å². The van der Waals surface area contributed by atoms with E-state index in [0.29, 0.717) is 18.5 Å². The third kappa shape index (κ3) is 10.7. The van der Waals surface area contributed by atoms with Crippen LogP contribution in [0.1, 0.15) is 83.0 Å². The minimum absolute atomic E-state index is 0.308. The van der Waals surface area contributed by atoms with Gasteiger partial charge in [0.2, 0.25) is 11.8 Å². The molecule has 0 spiro atoms. The van der Waals surface area contributed by atoms with Crippen molar-refractivity contribution in [2.45, 2.75) is 91.8 Å². The van der Waals surface area contributed by atoms with Crippen LogP contribution in [-0.2, 0) is 23.9 Å². The van der Waals surface area contributed by atoms with Gasteiger partial charge in [0.05, 0.1) is 7.11 Å². The summed E-state index contributed by atoms with van der Waals surface area (Å²) in [4.78, 5) is 52.6. The Bertz CT molecular complexity index is 889. The van der Waals surface area contributed by atoms with Crippen LogP contribution in [0.15, 0.2) is 18.2 Å².